The summed E-state index contributed by atoms with van der Waals surface area (Å²) in [4.78, 5) is 26.9. The fourth-order valence-electron chi connectivity index (χ4n) is 3.49. The molecule has 0 spiro atoms. The Morgan fingerprint density at radius 1 is 1.19 bits per heavy atom. The van der Waals surface area contributed by atoms with Crippen LogP contribution in [0.1, 0.15) is 47.9 Å². The molecule has 1 saturated heterocycles. The standard InChI is InChI=1S/C22H28N2O3/c1-16-5-8-18(9-6-16)21(25)19-11-13-24(14-12-19)22(26)23-17(2)7-10-20-4-3-15-27-20/h3-6,8-9,15,17,19H,7,10-14H2,1-2H3,(H,23,26). The number of amides is 2. The van der Waals surface area contributed by atoms with E-state index in [9.17, 15) is 9.59 Å². The normalized spacial score (nSPS) is 16.1. The lowest BCUT2D eigenvalue weighted by Crippen LogP contribution is -2.48. The topological polar surface area (TPSA) is 62.6 Å². The molecule has 3 rings (SSSR count). The minimum Gasteiger partial charge on any atom is -0.469 e. The lowest BCUT2D eigenvalue weighted by atomic mass is 9.89. The Morgan fingerprint density at radius 2 is 1.89 bits per heavy atom. The molecule has 1 aliphatic rings. The number of nitrogens with one attached hydrogen (secondary N) is 1. The van der Waals surface area contributed by atoms with Crippen molar-refractivity contribution in [3.8, 4) is 0 Å². The molecule has 1 aromatic carbocycles. The third kappa shape index (κ3) is 5.22. The number of benzene rings is 1. The van der Waals surface area contributed by atoms with Gasteiger partial charge in [-0.2, -0.15) is 0 Å². The number of nitrogens with zero attached hydrogens (tertiary/aromatic N) is 1. The average molecular weight is 368 g/mol. The first-order valence-corrected chi connectivity index (χ1v) is 9.71. The van der Waals surface area contributed by atoms with E-state index in [1.54, 1.807) is 6.26 Å². The van der Waals surface area contributed by atoms with E-state index in [2.05, 4.69) is 5.32 Å². The monoisotopic (exact) mass is 368 g/mol. The number of piperidine rings is 1. The van der Waals surface area contributed by atoms with Crippen molar-refractivity contribution in [2.75, 3.05) is 13.1 Å². The fraction of sp³-hybridized carbons (Fsp3) is 0.455. The summed E-state index contributed by atoms with van der Waals surface area (Å²) in [6, 6.07) is 11.6. The maximum Gasteiger partial charge on any atom is 0.317 e. The zero-order chi connectivity index (χ0) is 19.2. The summed E-state index contributed by atoms with van der Waals surface area (Å²) in [6.07, 6.45) is 4.76. The van der Waals surface area contributed by atoms with E-state index in [1.807, 2.05) is 55.1 Å². The van der Waals surface area contributed by atoms with Crippen molar-refractivity contribution in [3.63, 3.8) is 0 Å². The van der Waals surface area contributed by atoms with Crippen molar-refractivity contribution in [1.82, 2.24) is 10.2 Å². The number of urea groups is 1. The first kappa shape index (κ1) is 19.2. The second-order valence-corrected chi connectivity index (χ2v) is 7.46. The molecule has 27 heavy (non-hydrogen) atoms. The van der Waals surface area contributed by atoms with Gasteiger partial charge in [-0.25, -0.2) is 4.79 Å². The number of likely N-dealkylation sites (tertiary alicyclic amines) is 1. The second kappa shape index (κ2) is 8.89. The van der Waals surface area contributed by atoms with Crippen LogP contribution in [-0.2, 0) is 6.42 Å². The molecule has 2 heterocycles. The van der Waals surface area contributed by atoms with E-state index >= 15 is 0 Å². The number of Topliss-reactive ketones (excluding diaryl/α,β-unsaturated/α-hetero) is 1. The highest BCUT2D eigenvalue weighted by molar-refractivity contribution is 5.98. The maximum absolute atomic E-state index is 12.6. The van der Waals surface area contributed by atoms with E-state index in [-0.39, 0.29) is 23.8 Å². The lowest BCUT2D eigenvalue weighted by molar-refractivity contribution is 0.0853. The van der Waals surface area contributed by atoms with Crippen LogP contribution < -0.4 is 5.32 Å². The molecule has 0 saturated carbocycles. The summed E-state index contributed by atoms with van der Waals surface area (Å²) in [5, 5.41) is 3.05. The van der Waals surface area contributed by atoms with Crippen LogP contribution in [0.2, 0.25) is 0 Å². The molecule has 2 amide bonds. The lowest BCUT2D eigenvalue weighted by Gasteiger charge is -2.32. The van der Waals surface area contributed by atoms with Gasteiger partial charge in [0.25, 0.3) is 0 Å². The van der Waals surface area contributed by atoms with Gasteiger partial charge < -0.3 is 14.6 Å². The molecule has 0 bridgehead atoms. The Labute approximate surface area is 160 Å². The number of furan rings is 1. The number of aryl methyl sites for hydroxylation is 2. The molecule has 5 nitrogen and oxygen atoms in total. The van der Waals surface area contributed by atoms with Crippen molar-refractivity contribution >= 4 is 11.8 Å². The number of ketones is 1. The second-order valence-electron chi connectivity index (χ2n) is 7.46. The zero-order valence-corrected chi connectivity index (χ0v) is 16.1. The summed E-state index contributed by atoms with van der Waals surface area (Å²) >= 11 is 0. The van der Waals surface area contributed by atoms with Gasteiger partial charge in [-0.3, -0.25) is 4.79 Å². The van der Waals surface area contributed by atoms with E-state index in [4.69, 9.17) is 4.42 Å². The fourth-order valence-corrected chi connectivity index (χ4v) is 3.49. The summed E-state index contributed by atoms with van der Waals surface area (Å²) in [7, 11) is 0. The van der Waals surface area contributed by atoms with Crippen LogP contribution in [0, 0.1) is 12.8 Å². The highest BCUT2D eigenvalue weighted by Crippen LogP contribution is 2.22. The van der Waals surface area contributed by atoms with E-state index in [0.717, 1.165) is 42.6 Å². The first-order valence-electron chi connectivity index (χ1n) is 9.71. The van der Waals surface area contributed by atoms with Crippen molar-refractivity contribution in [3.05, 3.63) is 59.5 Å². The van der Waals surface area contributed by atoms with Crippen LogP contribution >= 0.6 is 0 Å². The van der Waals surface area contributed by atoms with Crippen LogP contribution in [0.4, 0.5) is 4.79 Å². The number of carbonyl (C=O) groups excluding carboxylic acids is 2. The molecule has 1 atom stereocenters. The third-order valence-corrected chi connectivity index (χ3v) is 5.26. The van der Waals surface area contributed by atoms with Crippen molar-refractivity contribution < 1.29 is 14.0 Å². The van der Waals surface area contributed by atoms with Crippen LogP contribution in [0.3, 0.4) is 0 Å². The molecular weight excluding hydrogens is 340 g/mol. The summed E-state index contributed by atoms with van der Waals surface area (Å²) in [5.41, 5.74) is 1.93. The maximum atomic E-state index is 12.6. The molecule has 0 radical (unpaired) electrons. The Balaban J connectivity index is 1.43. The van der Waals surface area contributed by atoms with Crippen LogP contribution in [0.25, 0.3) is 0 Å². The van der Waals surface area contributed by atoms with Crippen molar-refractivity contribution in [1.29, 1.82) is 0 Å². The smallest absolute Gasteiger partial charge is 0.317 e. The summed E-state index contributed by atoms with van der Waals surface area (Å²) < 4.78 is 5.33. The van der Waals surface area contributed by atoms with Crippen molar-refractivity contribution in [2.24, 2.45) is 5.92 Å². The van der Waals surface area contributed by atoms with Gasteiger partial charge in [-0.1, -0.05) is 29.8 Å². The van der Waals surface area contributed by atoms with Crippen LogP contribution in [0.15, 0.2) is 47.1 Å². The largest absolute Gasteiger partial charge is 0.469 e. The van der Waals surface area contributed by atoms with Gasteiger partial charge in [0, 0.05) is 37.0 Å². The predicted molar refractivity (Wildman–Crippen MR) is 105 cm³/mol. The first-order chi connectivity index (χ1) is 13.0. The van der Waals surface area contributed by atoms with E-state index in [1.165, 1.54) is 0 Å². The molecular formula is C22H28N2O3. The third-order valence-electron chi connectivity index (χ3n) is 5.26. The van der Waals surface area contributed by atoms with Crippen LogP contribution in [0.5, 0.6) is 0 Å². The molecule has 0 aliphatic carbocycles. The Hall–Kier alpha value is -2.56. The van der Waals surface area contributed by atoms with Gasteiger partial charge in [0.15, 0.2) is 5.78 Å². The zero-order valence-electron chi connectivity index (χ0n) is 16.1. The Kier molecular flexibility index (Phi) is 6.32. The minimum atomic E-state index is -0.0387. The number of hydrogen-bond donors (Lipinski definition) is 1. The molecule has 1 N–H and O–H groups in total. The predicted octanol–water partition coefficient (Wildman–Crippen LogP) is 4.21. The molecule has 1 aliphatic heterocycles. The summed E-state index contributed by atoms with van der Waals surface area (Å²) in [6.45, 7) is 5.27. The van der Waals surface area contributed by atoms with Gasteiger partial charge in [-0.15, -0.1) is 0 Å². The highest BCUT2D eigenvalue weighted by Gasteiger charge is 2.28. The van der Waals surface area contributed by atoms with Crippen molar-refractivity contribution in [2.45, 2.75) is 45.6 Å². The molecule has 1 aromatic heterocycles. The van der Waals surface area contributed by atoms with Gasteiger partial charge in [-0.05, 0) is 45.2 Å². The Bertz CT molecular complexity index is 744. The number of rotatable bonds is 6. The van der Waals surface area contributed by atoms with Crippen LogP contribution in [-0.4, -0.2) is 35.8 Å². The van der Waals surface area contributed by atoms with Gasteiger partial charge in [0.2, 0.25) is 0 Å². The average Bonchev–Trinajstić information content (AvgIpc) is 3.20. The van der Waals surface area contributed by atoms with Gasteiger partial charge in [0.1, 0.15) is 5.76 Å². The number of hydrogen-bond acceptors (Lipinski definition) is 3. The Morgan fingerprint density at radius 3 is 2.52 bits per heavy atom. The quantitative estimate of drug-likeness (QED) is 0.777. The summed E-state index contributed by atoms with van der Waals surface area (Å²) in [5.74, 6) is 1.14. The van der Waals surface area contributed by atoms with E-state index in [0.29, 0.717) is 13.1 Å². The SMILES string of the molecule is Cc1ccc(C(=O)C2CCN(C(=O)NC(C)CCc3ccco3)CC2)cc1. The highest BCUT2D eigenvalue weighted by atomic mass is 16.3. The number of carbonyl (C=O) groups is 2. The van der Waals surface area contributed by atoms with Gasteiger partial charge in [0.05, 0.1) is 6.26 Å². The van der Waals surface area contributed by atoms with E-state index < -0.39 is 0 Å². The molecule has 2 aromatic rings. The van der Waals surface area contributed by atoms with Gasteiger partial charge >= 0.3 is 6.03 Å². The molecule has 1 unspecified atom stereocenters. The molecule has 1 fully saturated rings. The minimum absolute atomic E-state index is 0.00753. The molecule has 144 valence electrons. The molecule has 5 heteroatoms.